The average Bonchev–Trinajstić information content (AvgIpc) is 3.12. The number of amides is 2. The second-order valence-corrected chi connectivity index (χ2v) is 6.98. The molecule has 2 amide bonds. The standard InChI is InChI=1S/C17H26N4O3/c1-4-5-13(2)21-12-17(24-16(21)23)7-10-20(11-8-17)15(22)14-6-9-19(3)18-14/h6,9,13H,4-5,7-8,10-12H2,1-3H3/t13-/m1/s1. The second-order valence-electron chi connectivity index (χ2n) is 6.98. The van der Waals surface area contributed by atoms with Crippen molar-refractivity contribution in [2.45, 2.75) is 51.2 Å². The van der Waals surface area contributed by atoms with Gasteiger partial charge in [0, 0.05) is 45.2 Å². The number of hydrogen-bond acceptors (Lipinski definition) is 4. The number of hydrogen-bond donors (Lipinski definition) is 0. The molecule has 0 bridgehead atoms. The zero-order valence-corrected chi connectivity index (χ0v) is 14.7. The van der Waals surface area contributed by atoms with Gasteiger partial charge in [0.1, 0.15) is 11.3 Å². The molecule has 2 fully saturated rings. The van der Waals surface area contributed by atoms with E-state index in [1.54, 1.807) is 28.9 Å². The summed E-state index contributed by atoms with van der Waals surface area (Å²) in [5.41, 5.74) is 0.0371. The molecular formula is C17H26N4O3. The third kappa shape index (κ3) is 3.12. The van der Waals surface area contributed by atoms with E-state index in [-0.39, 0.29) is 18.0 Å². The number of aromatic nitrogens is 2. The van der Waals surface area contributed by atoms with E-state index < -0.39 is 5.60 Å². The molecule has 2 saturated heterocycles. The van der Waals surface area contributed by atoms with E-state index in [2.05, 4.69) is 18.9 Å². The predicted octanol–water partition coefficient (Wildman–Crippen LogP) is 2.04. The Hall–Kier alpha value is -2.05. The van der Waals surface area contributed by atoms with Gasteiger partial charge in [0.15, 0.2) is 0 Å². The number of nitrogens with zero attached hydrogens (tertiary/aromatic N) is 4. The van der Waals surface area contributed by atoms with Crippen molar-refractivity contribution >= 4 is 12.0 Å². The van der Waals surface area contributed by atoms with Crippen LogP contribution in [-0.2, 0) is 11.8 Å². The van der Waals surface area contributed by atoms with Gasteiger partial charge >= 0.3 is 6.09 Å². The largest absolute Gasteiger partial charge is 0.441 e. The maximum absolute atomic E-state index is 12.5. The Morgan fingerprint density at radius 2 is 2.12 bits per heavy atom. The molecule has 2 aliphatic rings. The fraction of sp³-hybridized carbons (Fsp3) is 0.706. The minimum absolute atomic E-state index is 0.0500. The van der Waals surface area contributed by atoms with Gasteiger partial charge in [0.2, 0.25) is 0 Å². The van der Waals surface area contributed by atoms with Gasteiger partial charge in [-0.25, -0.2) is 4.79 Å². The summed E-state index contributed by atoms with van der Waals surface area (Å²) in [6.45, 7) is 6.02. The molecule has 0 unspecified atom stereocenters. The highest BCUT2D eigenvalue weighted by molar-refractivity contribution is 5.92. The molecule has 1 spiro atoms. The van der Waals surface area contributed by atoms with Crippen LogP contribution in [0.5, 0.6) is 0 Å². The Labute approximate surface area is 142 Å². The van der Waals surface area contributed by atoms with Gasteiger partial charge in [-0.3, -0.25) is 9.48 Å². The molecule has 7 heteroatoms. The van der Waals surface area contributed by atoms with Crippen molar-refractivity contribution in [3.05, 3.63) is 18.0 Å². The molecule has 0 radical (unpaired) electrons. The molecule has 132 valence electrons. The smallest absolute Gasteiger partial charge is 0.410 e. The van der Waals surface area contributed by atoms with E-state index in [1.165, 1.54) is 0 Å². The first kappa shape index (κ1) is 16.8. The normalized spacial score (nSPS) is 21.2. The van der Waals surface area contributed by atoms with E-state index in [0.29, 0.717) is 38.2 Å². The van der Waals surface area contributed by atoms with Crippen LogP contribution < -0.4 is 0 Å². The van der Waals surface area contributed by atoms with Crippen molar-refractivity contribution < 1.29 is 14.3 Å². The lowest BCUT2D eigenvalue weighted by atomic mass is 9.90. The zero-order chi connectivity index (χ0) is 17.3. The van der Waals surface area contributed by atoms with E-state index in [1.807, 2.05) is 4.90 Å². The lowest BCUT2D eigenvalue weighted by Crippen LogP contribution is -2.49. The number of carbonyl (C=O) groups is 2. The number of ether oxygens (including phenoxy) is 1. The molecule has 7 nitrogen and oxygen atoms in total. The van der Waals surface area contributed by atoms with Crippen molar-refractivity contribution in [1.82, 2.24) is 19.6 Å². The Balaban J connectivity index is 1.60. The topological polar surface area (TPSA) is 67.7 Å². The van der Waals surface area contributed by atoms with Gasteiger partial charge < -0.3 is 14.5 Å². The van der Waals surface area contributed by atoms with Crippen LogP contribution in [0, 0.1) is 0 Å². The fourth-order valence-electron chi connectivity index (χ4n) is 3.63. The predicted molar refractivity (Wildman–Crippen MR) is 88.6 cm³/mol. The summed E-state index contributed by atoms with van der Waals surface area (Å²) in [7, 11) is 1.80. The lowest BCUT2D eigenvalue weighted by Gasteiger charge is -2.37. The number of aryl methyl sites for hydroxylation is 1. The molecule has 1 aromatic heterocycles. The fourth-order valence-corrected chi connectivity index (χ4v) is 3.63. The highest BCUT2D eigenvalue weighted by Gasteiger charge is 2.48. The number of rotatable bonds is 4. The maximum Gasteiger partial charge on any atom is 0.410 e. The molecule has 3 heterocycles. The van der Waals surface area contributed by atoms with Gasteiger partial charge in [0.25, 0.3) is 5.91 Å². The van der Waals surface area contributed by atoms with Crippen LogP contribution >= 0.6 is 0 Å². The summed E-state index contributed by atoms with van der Waals surface area (Å²) in [5.74, 6) is -0.0500. The van der Waals surface area contributed by atoms with Crippen LogP contribution in [0.3, 0.4) is 0 Å². The summed E-state index contributed by atoms with van der Waals surface area (Å²) in [6.07, 6.45) is 4.96. The van der Waals surface area contributed by atoms with Crippen molar-refractivity contribution in [2.75, 3.05) is 19.6 Å². The van der Waals surface area contributed by atoms with Crippen molar-refractivity contribution in [3.8, 4) is 0 Å². The summed E-state index contributed by atoms with van der Waals surface area (Å²) in [6, 6.07) is 1.94. The van der Waals surface area contributed by atoms with E-state index in [0.717, 1.165) is 12.8 Å². The van der Waals surface area contributed by atoms with Gasteiger partial charge in [-0.15, -0.1) is 0 Å². The number of piperidine rings is 1. The van der Waals surface area contributed by atoms with Crippen molar-refractivity contribution in [3.63, 3.8) is 0 Å². The molecule has 1 atom stereocenters. The first-order chi connectivity index (χ1) is 11.4. The minimum atomic E-state index is -0.431. The van der Waals surface area contributed by atoms with E-state index in [9.17, 15) is 9.59 Å². The Bertz CT molecular complexity index is 619. The maximum atomic E-state index is 12.5. The molecule has 0 saturated carbocycles. The first-order valence-electron chi connectivity index (χ1n) is 8.72. The van der Waals surface area contributed by atoms with Crippen LogP contribution in [0.25, 0.3) is 0 Å². The lowest BCUT2D eigenvalue weighted by molar-refractivity contribution is 0.00287. The quantitative estimate of drug-likeness (QED) is 0.845. The van der Waals surface area contributed by atoms with Crippen LogP contribution in [-0.4, -0.2) is 62.9 Å². The van der Waals surface area contributed by atoms with Crippen molar-refractivity contribution in [2.24, 2.45) is 7.05 Å². The highest BCUT2D eigenvalue weighted by atomic mass is 16.6. The molecular weight excluding hydrogens is 308 g/mol. The van der Waals surface area contributed by atoms with Crippen LogP contribution in [0.4, 0.5) is 4.79 Å². The first-order valence-corrected chi connectivity index (χ1v) is 8.72. The van der Waals surface area contributed by atoms with E-state index >= 15 is 0 Å². The highest BCUT2D eigenvalue weighted by Crippen LogP contribution is 2.35. The summed E-state index contributed by atoms with van der Waals surface area (Å²) in [4.78, 5) is 28.3. The molecule has 3 rings (SSSR count). The van der Waals surface area contributed by atoms with Gasteiger partial charge in [0.05, 0.1) is 6.54 Å². The van der Waals surface area contributed by atoms with Crippen molar-refractivity contribution in [1.29, 1.82) is 0 Å². The number of carbonyl (C=O) groups excluding carboxylic acids is 2. The molecule has 0 aromatic carbocycles. The summed E-state index contributed by atoms with van der Waals surface area (Å²) in [5, 5.41) is 4.17. The Morgan fingerprint density at radius 1 is 1.42 bits per heavy atom. The zero-order valence-electron chi connectivity index (χ0n) is 14.7. The Morgan fingerprint density at radius 3 is 2.71 bits per heavy atom. The molecule has 0 aliphatic carbocycles. The molecule has 2 aliphatic heterocycles. The van der Waals surface area contributed by atoms with Gasteiger partial charge in [-0.1, -0.05) is 13.3 Å². The van der Waals surface area contributed by atoms with E-state index in [4.69, 9.17) is 4.74 Å². The molecule has 24 heavy (non-hydrogen) atoms. The number of likely N-dealkylation sites (tertiary alicyclic amines) is 1. The van der Waals surface area contributed by atoms with Crippen LogP contribution in [0.1, 0.15) is 50.0 Å². The monoisotopic (exact) mass is 334 g/mol. The summed E-state index contributed by atoms with van der Waals surface area (Å²) < 4.78 is 7.37. The van der Waals surface area contributed by atoms with Crippen LogP contribution in [0.15, 0.2) is 12.3 Å². The van der Waals surface area contributed by atoms with Gasteiger partial charge in [-0.05, 0) is 19.4 Å². The van der Waals surface area contributed by atoms with Crippen LogP contribution in [0.2, 0.25) is 0 Å². The molecule has 1 aromatic rings. The average molecular weight is 334 g/mol. The minimum Gasteiger partial charge on any atom is -0.441 e. The third-order valence-corrected chi connectivity index (χ3v) is 5.13. The third-order valence-electron chi connectivity index (χ3n) is 5.13. The summed E-state index contributed by atoms with van der Waals surface area (Å²) >= 11 is 0. The van der Waals surface area contributed by atoms with Gasteiger partial charge in [-0.2, -0.15) is 5.10 Å². The molecule has 0 N–H and O–H groups in total. The second kappa shape index (κ2) is 6.45. The SMILES string of the molecule is CCC[C@@H](C)N1CC2(CCN(C(=O)c3ccn(C)n3)CC2)OC1=O. The Kier molecular flexibility index (Phi) is 4.51.